The molecule has 1 N–H and O–H groups in total. The number of halogens is 1. The third-order valence-corrected chi connectivity index (χ3v) is 3.39. The van der Waals surface area contributed by atoms with Gasteiger partial charge < -0.3 is 0 Å². The molecule has 110 valence electrons. The molecule has 0 bridgehead atoms. The fourth-order valence-electron chi connectivity index (χ4n) is 1.94. The van der Waals surface area contributed by atoms with Crippen LogP contribution in [0.3, 0.4) is 0 Å². The van der Waals surface area contributed by atoms with Crippen LogP contribution in [-0.2, 0) is 9.59 Å². The first-order chi connectivity index (χ1) is 10.3. The van der Waals surface area contributed by atoms with Crippen molar-refractivity contribution in [1.29, 1.82) is 5.26 Å². The van der Waals surface area contributed by atoms with Crippen molar-refractivity contribution in [2.24, 2.45) is 0 Å². The molecule has 1 aromatic rings. The average Bonchev–Trinajstić information content (AvgIpc) is 2.45. The molecule has 7 nitrogen and oxygen atoms in total. The van der Waals surface area contributed by atoms with Crippen LogP contribution in [0.5, 0.6) is 0 Å². The number of carbonyl (C=O) groups is 2. The number of nitro groups is 1. The van der Waals surface area contributed by atoms with Gasteiger partial charge in [0.2, 0.25) is 0 Å². The Labute approximate surface area is 129 Å². The Morgan fingerprint density at radius 3 is 2.64 bits per heavy atom. The zero-order valence-electron chi connectivity index (χ0n) is 11.2. The van der Waals surface area contributed by atoms with Crippen LogP contribution < -0.4 is 5.32 Å². The molecule has 1 aliphatic heterocycles. The number of benzene rings is 1. The molecule has 0 aromatic heterocycles. The van der Waals surface area contributed by atoms with Crippen molar-refractivity contribution in [1.82, 2.24) is 5.32 Å². The van der Waals surface area contributed by atoms with Crippen molar-refractivity contribution >= 4 is 35.2 Å². The van der Waals surface area contributed by atoms with E-state index in [0.717, 1.165) is 0 Å². The number of amides is 2. The molecule has 8 heteroatoms. The third-order valence-electron chi connectivity index (χ3n) is 3.07. The summed E-state index contributed by atoms with van der Waals surface area (Å²) in [4.78, 5) is 33.6. The Bertz CT molecular complexity index is 818. The third kappa shape index (κ3) is 2.73. The molecule has 0 unspecified atom stereocenters. The molecule has 1 heterocycles. The number of imide groups is 1. The number of hydrogen-bond donors (Lipinski definition) is 1. The molecule has 2 amide bonds. The largest absolute Gasteiger partial charge is 0.288 e. The van der Waals surface area contributed by atoms with Crippen LogP contribution in [0, 0.1) is 21.4 Å². The van der Waals surface area contributed by atoms with E-state index < -0.39 is 16.7 Å². The van der Waals surface area contributed by atoms with Crippen molar-refractivity contribution in [2.45, 2.75) is 6.92 Å². The van der Waals surface area contributed by atoms with Gasteiger partial charge in [0.15, 0.2) is 0 Å². The molecule has 2 rings (SSSR count). The molecule has 0 saturated heterocycles. The Balaban J connectivity index is 2.58. The topological polar surface area (TPSA) is 113 Å². The molecule has 0 saturated carbocycles. The van der Waals surface area contributed by atoms with Crippen LogP contribution in [0.1, 0.15) is 12.5 Å². The number of nitriles is 1. The van der Waals surface area contributed by atoms with Crippen molar-refractivity contribution in [3.05, 3.63) is 55.6 Å². The van der Waals surface area contributed by atoms with Gasteiger partial charge in [0.25, 0.3) is 17.5 Å². The number of rotatable bonds is 2. The van der Waals surface area contributed by atoms with Gasteiger partial charge in [-0.3, -0.25) is 25.0 Å². The van der Waals surface area contributed by atoms with Crippen LogP contribution in [0.4, 0.5) is 5.69 Å². The zero-order chi connectivity index (χ0) is 16.4. The van der Waals surface area contributed by atoms with E-state index in [9.17, 15) is 19.7 Å². The quantitative estimate of drug-likeness (QED) is 0.388. The zero-order valence-corrected chi connectivity index (χ0v) is 12.0. The minimum Gasteiger partial charge on any atom is -0.288 e. The number of nitrogens with one attached hydrogen (secondary N) is 1. The highest BCUT2D eigenvalue weighted by Crippen LogP contribution is 2.28. The Morgan fingerprint density at radius 2 is 2.05 bits per heavy atom. The highest BCUT2D eigenvalue weighted by Gasteiger charge is 2.27. The van der Waals surface area contributed by atoms with Crippen molar-refractivity contribution in [2.75, 3.05) is 0 Å². The van der Waals surface area contributed by atoms with E-state index in [1.165, 1.54) is 31.2 Å². The second kappa shape index (κ2) is 5.79. The van der Waals surface area contributed by atoms with Crippen molar-refractivity contribution in [3.8, 4) is 6.07 Å². The highest BCUT2D eigenvalue weighted by atomic mass is 35.5. The first-order valence-corrected chi connectivity index (χ1v) is 6.35. The van der Waals surface area contributed by atoms with Gasteiger partial charge in [0.1, 0.15) is 16.7 Å². The van der Waals surface area contributed by atoms with Gasteiger partial charge >= 0.3 is 0 Å². The number of nitrogens with zero attached hydrogens (tertiary/aromatic N) is 2. The fourth-order valence-corrected chi connectivity index (χ4v) is 2.13. The number of nitro benzene ring substituents is 1. The van der Waals surface area contributed by atoms with Gasteiger partial charge in [-0.25, -0.2) is 0 Å². The maximum Gasteiger partial charge on any atom is 0.288 e. The van der Waals surface area contributed by atoms with Crippen LogP contribution in [0.15, 0.2) is 34.9 Å². The molecule has 22 heavy (non-hydrogen) atoms. The Kier molecular flexibility index (Phi) is 4.06. The molecule has 0 fully saturated rings. The van der Waals surface area contributed by atoms with E-state index >= 15 is 0 Å². The monoisotopic (exact) mass is 317 g/mol. The predicted molar refractivity (Wildman–Crippen MR) is 77.5 cm³/mol. The van der Waals surface area contributed by atoms with Crippen LogP contribution in [0.25, 0.3) is 6.08 Å². The van der Waals surface area contributed by atoms with Gasteiger partial charge in [0.05, 0.1) is 4.92 Å². The standard InChI is InChI=1S/C14H8ClN3O4/c1-7-9(13(19)17-14(20)10(7)6-16)4-8-2-3-11(15)12(5-8)18(21)22/h2-5H,1H3,(H,17,19,20)/b9-4-. The van der Waals surface area contributed by atoms with Gasteiger partial charge in [-0.05, 0) is 30.2 Å². The molecule has 1 aromatic carbocycles. The summed E-state index contributed by atoms with van der Waals surface area (Å²) >= 11 is 5.72. The van der Waals surface area contributed by atoms with Gasteiger partial charge in [0, 0.05) is 11.6 Å². The van der Waals surface area contributed by atoms with E-state index in [2.05, 4.69) is 0 Å². The summed E-state index contributed by atoms with van der Waals surface area (Å²) in [5.74, 6) is -1.43. The Morgan fingerprint density at radius 1 is 1.36 bits per heavy atom. The first kappa shape index (κ1) is 15.4. The van der Waals surface area contributed by atoms with Crippen LogP contribution in [0.2, 0.25) is 5.02 Å². The number of carbonyl (C=O) groups excluding carboxylic acids is 2. The lowest BCUT2D eigenvalue weighted by atomic mass is 9.95. The summed E-state index contributed by atoms with van der Waals surface area (Å²) in [5, 5.41) is 21.8. The minimum atomic E-state index is -0.760. The minimum absolute atomic E-state index is 0.0274. The lowest BCUT2D eigenvalue weighted by Gasteiger charge is -2.15. The van der Waals surface area contributed by atoms with E-state index in [-0.39, 0.29) is 27.4 Å². The van der Waals surface area contributed by atoms with Crippen molar-refractivity contribution < 1.29 is 14.5 Å². The average molecular weight is 318 g/mol. The normalized spacial score (nSPS) is 16.5. The second-order valence-electron chi connectivity index (χ2n) is 4.42. The summed E-state index contributed by atoms with van der Waals surface area (Å²) < 4.78 is 0. The summed E-state index contributed by atoms with van der Waals surface area (Å²) in [5.41, 5.74) is 0.189. The van der Waals surface area contributed by atoms with Crippen molar-refractivity contribution in [3.63, 3.8) is 0 Å². The maximum absolute atomic E-state index is 11.9. The molecular weight excluding hydrogens is 310 g/mol. The fraction of sp³-hybridized carbons (Fsp3) is 0.0714. The molecule has 0 aliphatic carbocycles. The molecular formula is C14H8ClN3O4. The smallest absolute Gasteiger partial charge is 0.288 e. The highest BCUT2D eigenvalue weighted by molar-refractivity contribution is 6.32. The van der Waals surface area contributed by atoms with Gasteiger partial charge in [-0.2, -0.15) is 5.26 Å². The maximum atomic E-state index is 11.9. The lowest BCUT2D eigenvalue weighted by molar-refractivity contribution is -0.384. The molecule has 0 spiro atoms. The van der Waals surface area contributed by atoms with Gasteiger partial charge in [-0.15, -0.1) is 0 Å². The van der Waals surface area contributed by atoms with Gasteiger partial charge in [-0.1, -0.05) is 17.7 Å². The van der Waals surface area contributed by atoms with E-state index in [1.54, 1.807) is 6.07 Å². The summed E-state index contributed by atoms with van der Waals surface area (Å²) in [6, 6.07) is 5.76. The molecule has 0 radical (unpaired) electrons. The SMILES string of the molecule is CC1=C(C#N)C(=O)NC(=O)/C1=C\c1ccc(Cl)c([N+](=O)[O-])c1. The van der Waals surface area contributed by atoms with Crippen LogP contribution >= 0.6 is 11.6 Å². The van der Waals surface area contributed by atoms with Crippen LogP contribution in [-0.4, -0.2) is 16.7 Å². The second-order valence-corrected chi connectivity index (χ2v) is 4.83. The summed E-state index contributed by atoms with van der Waals surface area (Å²) in [6.45, 7) is 1.46. The number of hydrogen-bond acceptors (Lipinski definition) is 5. The van der Waals surface area contributed by atoms with E-state index in [0.29, 0.717) is 5.56 Å². The van der Waals surface area contributed by atoms with E-state index in [4.69, 9.17) is 16.9 Å². The summed E-state index contributed by atoms with van der Waals surface area (Å²) in [7, 11) is 0. The molecule has 1 aliphatic rings. The molecule has 0 atom stereocenters. The lowest BCUT2D eigenvalue weighted by Crippen LogP contribution is -2.37. The Hall–Kier alpha value is -2.98. The first-order valence-electron chi connectivity index (χ1n) is 5.97. The predicted octanol–water partition coefficient (Wildman–Crippen LogP) is 2.13. The summed E-state index contributed by atoms with van der Waals surface area (Å²) in [6.07, 6.45) is 1.36. The van der Waals surface area contributed by atoms with E-state index in [1.807, 2.05) is 5.32 Å².